The zero-order valence-corrected chi connectivity index (χ0v) is 17.9. The molecular formula is C23H23F3N4O2. The highest BCUT2D eigenvalue weighted by molar-refractivity contribution is 6.00. The number of alkyl halides is 2. The van der Waals surface area contributed by atoms with Crippen LogP contribution in [0, 0.1) is 5.82 Å². The Labute approximate surface area is 184 Å². The molecule has 32 heavy (non-hydrogen) atoms. The molecule has 0 bridgehead atoms. The van der Waals surface area contributed by atoms with Gasteiger partial charge in [0.1, 0.15) is 12.4 Å². The predicted octanol–water partition coefficient (Wildman–Crippen LogP) is 4.72. The molecule has 0 aliphatic carbocycles. The molecule has 2 heterocycles. The van der Waals surface area contributed by atoms with Gasteiger partial charge in [-0.1, -0.05) is 12.1 Å². The van der Waals surface area contributed by atoms with Crippen molar-refractivity contribution in [2.24, 2.45) is 0 Å². The van der Waals surface area contributed by atoms with Crippen LogP contribution in [0.4, 0.5) is 13.2 Å². The fraction of sp³-hybridized carbons (Fsp3) is 0.304. The number of nitrogens with zero attached hydrogens (tertiary/aromatic N) is 4. The maximum Gasteiger partial charge on any atom is 0.272 e. The van der Waals surface area contributed by atoms with E-state index >= 15 is 0 Å². The van der Waals surface area contributed by atoms with Gasteiger partial charge in [0.05, 0.1) is 11.6 Å². The lowest BCUT2D eigenvalue weighted by Crippen LogP contribution is -2.42. The number of halogens is 3. The smallest absolute Gasteiger partial charge is 0.272 e. The van der Waals surface area contributed by atoms with Crippen LogP contribution in [-0.2, 0) is 5.92 Å². The Morgan fingerprint density at radius 3 is 2.44 bits per heavy atom. The van der Waals surface area contributed by atoms with Crippen molar-refractivity contribution in [1.82, 2.24) is 19.9 Å². The minimum atomic E-state index is -3.00. The molecular weight excluding hydrogens is 421 g/mol. The number of hydrogen-bond donors (Lipinski definition) is 0. The maximum absolute atomic E-state index is 14.7. The summed E-state index contributed by atoms with van der Waals surface area (Å²) in [4.78, 5) is 26.9. The third-order valence-corrected chi connectivity index (χ3v) is 4.88. The molecule has 0 unspecified atom stereocenters. The summed E-state index contributed by atoms with van der Waals surface area (Å²) in [5.74, 6) is -3.81. The van der Waals surface area contributed by atoms with Crippen molar-refractivity contribution in [3.63, 3.8) is 0 Å². The van der Waals surface area contributed by atoms with Gasteiger partial charge in [0, 0.05) is 49.3 Å². The van der Waals surface area contributed by atoms with Crippen LogP contribution in [0.15, 0.2) is 55.0 Å². The Bertz CT molecular complexity index is 1060. The van der Waals surface area contributed by atoms with Crippen LogP contribution in [0.1, 0.15) is 36.7 Å². The minimum Gasteiger partial charge on any atom is -0.475 e. The molecule has 0 saturated carbocycles. The van der Waals surface area contributed by atoms with Crippen molar-refractivity contribution in [1.29, 1.82) is 0 Å². The number of carbonyl (C=O) groups excluding carboxylic acids is 1. The van der Waals surface area contributed by atoms with Crippen LogP contribution in [0.2, 0.25) is 0 Å². The monoisotopic (exact) mass is 444 g/mol. The molecule has 3 aromatic rings. The minimum absolute atomic E-state index is 0.0417. The molecule has 0 spiro atoms. The van der Waals surface area contributed by atoms with E-state index in [1.807, 2.05) is 0 Å². The molecule has 0 aliphatic heterocycles. The van der Waals surface area contributed by atoms with Gasteiger partial charge in [0.25, 0.3) is 11.8 Å². The van der Waals surface area contributed by atoms with Gasteiger partial charge in [-0.15, -0.1) is 0 Å². The molecule has 1 amide bonds. The predicted molar refractivity (Wildman–Crippen MR) is 113 cm³/mol. The molecule has 0 radical (unpaired) electrons. The van der Waals surface area contributed by atoms with Crippen molar-refractivity contribution >= 4 is 5.91 Å². The fourth-order valence-electron chi connectivity index (χ4n) is 3.19. The molecule has 0 aliphatic rings. The maximum atomic E-state index is 14.7. The largest absolute Gasteiger partial charge is 0.475 e. The van der Waals surface area contributed by atoms with Crippen LogP contribution >= 0.6 is 0 Å². The first-order valence-electron chi connectivity index (χ1n) is 10.1. The number of hydrogen-bond acceptors (Lipinski definition) is 5. The van der Waals surface area contributed by atoms with Gasteiger partial charge in [-0.05, 0) is 32.0 Å². The zero-order valence-electron chi connectivity index (χ0n) is 17.9. The van der Waals surface area contributed by atoms with Crippen molar-refractivity contribution < 1.29 is 22.7 Å². The van der Waals surface area contributed by atoms with Gasteiger partial charge in [0.2, 0.25) is 5.88 Å². The summed E-state index contributed by atoms with van der Waals surface area (Å²) >= 11 is 0. The Hall–Kier alpha value is -3.49. The molecule has 6 nitrogen and oxygen atoms in total. The fourth-order valence-corrected chi connectivity index (χ4v) is 3.19. The topological polar surface area (TPSA) is 68.2 Å². The normalized spacial score (nSPS) is 12.3. The van der Waals surface area contributed by atoms with E-state index < -0.39 is 23.7 Å². The van der Waals surface area contributed by atoms with E-state index in [0.29, 0.717) is 12.1 Å². The number of benzene rings is 1. The van der Waals surface area contributed by atoms with Crippen LogP contribution < -0.4 is 4.74 Å². The summed E-state index contributed by atoms with van der Waals surface area (Å²) in [5.41, 5.74) is -0.0570. The molecule has 168 valence electrons. The molecule has 2 aromatic heterocycles. The van der Waals surface area contributed by atoms with E-state index in [4.69, 9.17) is 4.74 Å². The summed E-state index contributed by atoms with van der Waals surface area (Å²) in [6, 6.07) is 8.06. The summed E-state index contributed by atoms with van der Waals surface area (Å²) in [6.07, 6.45) is 4.08. The van der Waals surface area contributed by atoms with Gasteiger partial charge in [-0.3, -0.25) is 4.79 Å². The third kappa shape index (κ3) is 5.22. The number of carbonyl (C=O) groups is 1. The van der Waals surface area contributed by atoms with Crippen molar-refractivity contribution in [2.45, 2.75) is 32.7 Å². The molecule has 0 fully saturated rings. The second-order valence-corrected chi connectivity index (χ2v) is 7.26. The standard InChI is InChI=1S/C23H23F3N4O2/c1-4-30(15(2)14-32-19-10-9-16(13-29-19)23(3,25)26)22(31)20-17(7-5-8-18(20)24)21-27-11-6-12-28-21/h5-13,15H,4,14H2,1-3H3/t15-/m0/s1. The number of aromatic nitrogens is 3. The van der Waals surface area contributed by atoms with E-state index in [1.165, 1.54) is 41.6 Å². The lowest BCUT2D eigenvalue weighted by Gasteiger charge is -2.28. The van der Waals surface area contributed by atoms with Crippen LogP contribution in [0.3, 0.4) is 0 Å². The second-order valence-electron chi connectivity index (χ2n) is 7.26. The van der Waals surface area contributed by atoms with E-state index in [2.05, 4.69) is 15.0 Å². The molecule has 1 aromatic carbocycles. The molecule has 0 saturated heterocycles. The highest BCUT2D eigenvalue weighted by Gasteiger charge is 2.27. The molecule has 9 heteroatoms. The summed E-state index contributed by atoms with van der Waals surface area (Å²) < 4.78 is 47.0. The quantitative estimate of drug-likeness (QED) is 0.503. The van der Waals surface area contributed by atoms with Gasteiger partial charge >= 0.3 is 0 Å². The second kappa shape index (κ2) is 9.76. The first-order valence-corrected chi connectivity index (χ1v) is 10.1. The highest BCUT2D eigenvalue weighted by Crippen LogP contribution is 2.27. The van der Waals surface area contributed by atoms with Crippen LogP contribution in [0.5, 0.6) is 5.88 Å². The van der Waals surface area contributed by atoms with E-state index in [0.717, 1.165) is 13.1 Å². The van der Waals surface area contributed by atoms with Gasteiger partial charge in [0.15, 0.2) is 5.82 Å². The Morgan fingerprint density at radius 2 is 1.84 bits per heavy atom. The molecule has 3 rings (SSSR count). The summed E-state index contributed by atoms with van der Waals surface area (Å²) in [6.45, 7) is 4.63. The number of ether oxygens (including phenoxy) is 1. The Morgan fingerprint density at radius 1 is 1.12 bits per heavy atom. The summed E-state index contributed by atoms with van der Waals surface area (Å²) in [7, 11) is 0. The van der Waals surface area contributed by atoms with E-state index in [1.54, 1.807) is 26.0 Å². The van der Waals surface area contributed by atoms with E-state index in [9.17, 15) is 18.0 Å². The SMILES string of the molecule is CCN(C(=O)c1c(F)cccc1-c1ncccn1)[C@@H](C)COc1ccc(C(C)(F)F)cn1. The number of amides is 1. The lowest BCUT2D eigenvalue weighted by molar-refractivity contribution is 0.0169. The number of rotatable bonds is 8. The number of pyridine rings is 1. The van der Waals surface area contributed by atoms with Gasteiger partial charge in [-0.2, -0.15) is 0 Å². The van der Waals surface area contributed by atoms with Gasteiger partial charge in [-0.25, -0.2) is 28.1 Å². The summed E-state index contributed by atoms with van der Waals surface area (Å²) in [5, 5.41) is 0. The zero-order chi connectivity index (χ0) is 23.3. The van der Waals surface area contributed by atoms with Crippen LogP contribution in [0.25, 0.3) is 11.4 Å². The van der Waals surface area contributed by atoms with Crippen LogP contribution in [-0.4, -0.2) is 45.0 Å². The van der Waals surface area contributed by atoms with Crippen molar-refractivity contribution in [3.8, 4) is 17.3 Å². The van der Waals surface area contributed by atoms with Crippen molar-refractivity contribution in [2.75, 3.05) is 13.2 Å². The van der Waals surface area contributed by atoms with E-state index in [-0.39, 0.29) is 29.4 Å². The highest BCUT2D eigenvalue weighted by atomic mass is 19.3. The molecule has 0 N–H and O–H groups in total. The molecule has 1 atom stereocenters. The Balaban J connectivity index is 1.78. The lowest BCUT2D eigenvalue weighted by atomic mass is 10.0. The average molecular weight is 444 g/mol. The van der Waals surface area contributed by atoms with Crippen molar-refractivity contribution in [3.05, 3.63) is 71.9 Å². The third-order valence-electron chi connectivity index (χ3n) is 4.88. The first kappa shape index (κ1) is 23.2. The number of likely N-dealkylation sites (N-methyl/N-ethyl adjacent to an activating group) is 1. The Kier molecular flexibility index (Phi) is 7.07. The first-order chi connectivity index (χ1) is 15.2. The average Bonchev–Trinajstić information content (AvgIpc) is 2.78. The van der Waals surface area contributed by atoms with Gasteiger partial charge < -0.3 is 9.64 Å².